The summed E-state index contributed by atoms with van der Waals surface area (Å²) >= 11 is 2.00. The molecule has 18 nitrogen and oxygen atoms in total. The van der Waals surface area contributed by atoms with E-state index in [1.807, 2.05) is 6.07 Å². The van der Waals surface area contributed by atoms with E-state index >= 15 is 0 Å². The molecule has 0 atom stereocenters. The maximum absolute atomic E-state index is 13.8. The van der Waals surface area contributed by atoms with E-state index in [-0.39, 0.29) is 34.3 Å². The molecule has 3 aliphatic rings. The highest BCUT2D eigenvalue weighted by atomic mass is 32.2. The SMILES string of the molecule is C=CC(=O)OCCCCCCOc1ccc(OC(=O)C2CCC(C(=O)Oc3ccc(OC(=O)C4CCC(C(=O)Oc5ccc(OCCCCCCOC(=O)C=C)cc5)CC4)c4c3SC(=C(C#N)C(=O)OCCC(C)(C)O)S4)CC2)cc1. The van der Waals surface area contributed by atoms with Crippen molar-refractivity contribution < 1.29 is 81.3 Å². The van der Waals surface area contributed by atoms with Crippen molar-refractivity contribution in [1.82, 2.24) is 0 Å². The fraction of sp³-hybridized carbons (Fsp3) is 0.475. The van der Waals surface area contributed by atoms with Gasteiger partial charge in [0.15, 0.2) is 5.57 Å². The van der Waals surface area contributed by atoms with Crippen LogP contribution in [0.5, 0.6) is 34.5 Å². The molecule has 1 aliphatic heterocycles. The van der Waals surface area contributed by atoms with Crippen molar-refractivity contribution in [1.29, 1.82) is 5.26 Å². The molecule has 434 valence electrons. The van der Waals surface area contributed by atoms with Gasteiger partial charge in [0.2, 0.25) is 0 Å². The lowest BCUT2D eigenvalue weighted by molar-refractivity contribution is -0.145. The van der Waals surface area contributed by atoms with Crippen LogP contribution in [-0.2, 0) is 47.8 Å². The summed E-state index contributed by atoms with van der Waals surface area (Å²) in [7, 11) is 0. The van der Waals surface area contributed by atoms with E-state index in [0.717, 1.165) is 87.0 Å². The Hall–Kier alpha value is -7.08. The predicted octanol–water partition coefficient (Wildman–Crippen LogP) is 11.3. The summed E-state index contributed by atoms with van der Waals surface area (Å²) in [5.41, 5.74) is -1.43. The zero-order chi connectivity index (χ0) is 58.2. The fourth-order valence-corrected chi connectivity index (χ4v) is 11.5. The predicted molar refractivity (Wildman–Crippen MR) is 299 cm³/mol. The lowest BCUT2D eigenvalue weighted by atomic mass is 9.82. The van der Waals surface area contributed by atoms with E-state index < -0.39 is 71.1 Å². The van der Waals surface area contributed by atoms with Gasteiger partial charge in [-0.05, 0) is 177 Å². The third-order valence-electron chi connectivity index (χ3n) is 13.6. The number of carbonyl (C=O) groups excluding carboxylic acids is 7. The Labute approximate surface area is 481 Å². The molecule has 1 heterocycles. The van der Waals surface area contributed by atoms with Crippen LogP contribution < -0.4 is 28.4 Å². The topological polar surface area (TPSA) is 247 Å². The van der Waals surface area contributed by atoms with Crippen molar-refractivity contribution in [2.24, 2.45) is 23.7 Å². The van der Waals surface area contributed by atoms with Gasteiger partial charge in [0.05, 0.1) is 76.3 Å². The molecule has 2 aliphatic carbocycles. The van der Waals surface area contributed by atoms with E-state index in [2.05, 4.69) is 13.2 Å². The molecule has 2 fully saturated rings. The number of rotatable bonds is 30. The maximum atomic E-state index is 13.8. The van der Waals surface area contributed by atoms with Gasteiger partial charge >= 0.3 is 41.8 Å². The van der Waals surface area contributed by atoms with Crippen molar-refractivity contribution in [2.45, 2.75) is 138 Å². The maximum Gasteiger partial charge on any atom is 0.350 e. The molecule has 6 rings (SSSR count). The Morgan fingerprint density at radius 1 is 0.519 bits per heavy atom. The van der Waals surface area contributed by atoms with E-state index in [1.54, 1.807) is 62.4 Å². The van der Waals surface area contributed by atoms with Gasteiger partial charge in [-0.15, -0.1) is 0 Å². The number of aliphatic hydroxyl groups is 1. The molecule has 3 aromatic carbocycles. The molecule has 0 radical (unpaired) electrons. The Kier molecular flexibility index (Phi) is 25.2. The van der Waals surface area contributed by atoms with Gasteiger partial charge in [-0.3, -0.25) is 19.2 Å². The monoisotopic (exact) mass is 1150 g/mol. The fourth-order valence-electron chi connectivity index (χ4n) is 8.91. The van der Waals surface area contributed by atoms with Crippen LogP contribution in [0.2, 0.25) is 0 Å². The van der Waals surface area contributed by atoms with Crippen LogP contribution in [0.15, 0.2) is 106 Å². The van der Waals surface area contributed by atoms with Crippen LogP contribution in [0.25, 0.3) is 0 Å². The molecular weight excluding hydrogens is 1080 g/mol. The van der Waals surface area contributed by atoms with Crippen LogP contribution in [0.1, 0.15) is 123 Å². The quantitative estimate of drug-likeness (QED) is 0.0163. The number of nitrogens with zero attached hydrogens (tertiary/aromatic N) is 1. The molecule has 0 bridgehead atoms. The first-order valence-electron chi connectivity index (χ1n) is 27.5. The number of fused-ring (bicyclic) bond motifs is 1. The van der Waals surface area contributed by atoms with Crippen molar-refractivity contribution >= 4 is 65.3 Å². The normalized spacial score (nSPS) is 17.4. The van der Waals surface area contributed by atoms with E-state index in [9.17, 15) is 43.9 Å². The minimum absolute atomic E-state index is 0.125. The largest absolute Gasteiger partial charge is 0.494 e. The summed E-state index contributed by atoms with van der Waals surface area (Å²) in [4.78, 5) is 90.3. The van der Waals surface area contributed by atoms with Gasteiger partial charge in [0.25, 0.3) is 0 Å². The Morgan fingerprint density at radius 2 is 0.864 bits per heavy atom. The first kappa shape index (κ1) is 63.1. The Balaban J connectivity index is 0.991. The third kappa shape index (κ3) is 20.8. The number of benzene rings is 3. The molecule has 0 saturated heterocycles. The molecule has 0 spiro atoms. The average molecular weight is 1150 g/mol. The number of ether oxygens (including phenoxy) is 9. The molecule has 2 saturated carbocycles. The first-order valence-corrected chi connectivity index (χ1v) is 29.1. The minimum Gasteiger partial charge on any atom is -0.494 e. The standard InChI is InChI=1S/C61H71NO17S2/c1-5-51(63)73-36-13-9-7-11-34-71-44-23-27-46(28-24-44)76-55(65)40-15-19-42(20-16-40)57(67)78-49-31-32-50(54-53(49)80-60(81-54)48(39-62)59(69)75-38-33-61(3,4)70)79-58(68)43-21-17-41(18-22-43)56(66)77-47-29-25-45(26-30-47)72-35-12-8-10-14-37-74-52(64)6-2/h5-6,23-32,40-43,70H,1-2,7-22,33-38H2,3-4H3. The molecule has 0 amide bonds. The molecule has 0 aromatic heterocycles. The second kappa shape index (κ2) is 32.4. The number of nitriles is 1. The smallest absolute Gasteiger partial charge is 0.350 e. The summed E-state index contributed by atoms with van der Waals surface area (Å²) in [6, 6.07) is 18.5. The minimum atomic E-state index is -1.12. The van der Waals surface area contributed by atoms with Crippen LogP contribution >= 0.6 is 23.5 Å². The lowest BCUT2D eigenvalue weighted by Crippen LogP contribution is -2.30. The van der Waals surface area contributed by atoms with Gasteiger partial charge in [-0.25, -0.2) is 14.4 Å². The number of esters is 7. The van der Waals surface area contributed by atoms with Crippen LogP contribution in [0.4, 0.5) is 0 Å². The van der Waals surface area contributed by atoms with Crippen molar-refractivity contribution in [3.8, 4) is 40.6 Å². The zero-order valence-corrected chi connectivity index (χ0v) is 47.6. The van der Waals surface area contributed by atoms with Gasteiger partial charge in [-0.1, -0.05) is 36.7 Å². The van der Waals surface area contributed by atoms with Crippen molar-refractivity contribution in [3.05, 3.63) is 95.8 Å². The van der Waals surface area contributed by atoms with Crippen molar-refractivity contribution in [3.63, 3.8) is 0 Å². The number of unbranched alkanes of at least 4 members (excludes halogenated alkanes) is 6. The lowest BCUT2D eigenvalue weighted by Gasteiger charge is -2.26. The number of carbonyl (C=O) groups is 7. The van der Waals surface area contributed by atoms with E-state index in [4.69, 9.17) is 42.6 Å². The van der Waals surface area contributed by atoms with Gasteiger partial charge in [0, 0.05) is 18.6 Å². The zero-order valence-electron chi connectivity index (χ0n) is 46.0. The molecule has 0 unspecified atom stereocenters. The molecule has 1 N–H and O–H groups in total. The summed E-state index contributed by atoms with van der Waals surface area (Å²) in [6.07, 6.45) is 12.2. The summed E-state index contributed by atoms with van der Waals surface area (Å²) < 4.78 is 50.6. The van der Waals surface area contributed by atoms with Crippen LogP contribution in [0.3, 0.4) is 0 Å². The highest BCUT2D eigenvalue weighted by molar-refractivity contribution is 8.24. The summed E-state index contributed by atoms with van der Waals surface area (Å²) in [5.74, 6) is -3.33. The number of hydrogen-bond donors (Lipinski definition) is 1. The summed E-state index contributed by atoms with van der Waals surface area (Å²) in [5, 5.41) is 20.3. The highest BCUT2D eigenvalue weighted by Gasteiger charge is 2.37. The Bertz CT molecular complexity index is 2590. The van der Waals surface area contributed by atoms with Crippen LogP contribution in [0, 0.1) is 35.0 Å². The average Bonchev–Trinajstić information content (AvgIpc) is 4.10. The summed E-state index contributed by atoms with van der Waals surface area (Å²) in [6.45, 7) is 11.5. The first-order chi connectivity index (χ1) is 39.0. The third-order valence-corrected chi connectivity index (χ3v) is 16.3. The van der Waals surface area contributed by atoms with Gasteiger partial charge < -0.3 is 47.7 Å². The number of hydrogen-bond acceptors (Lipinski definition) is 20. The van der Waals surface area contributed by atoms with E-state index in [0.29, 0.717) is 111 Å². The highest BCUT2D eigenvalue weighted by Crippen LogP contribution is 2.59. The second-order valence-electron chi connectivity index (χ2n) is 20.4. The molecule has 81 heavy (non-hydrogen) atoms. The van der Waals surface area contributed by atoms with Crippen molar-refractivity contribution in [2.75, 3.05) is 33.0 Å². The van der Waals surface area contributed by atoms with Gasteiger partial charge in [0.1, 0.15) is 40.6 Å². The van der Waals surface area contributed by atoms with Crippen LogP contribution in [-0.4, -0.2) is 85.5 Å². The van der Waals surface area contributed by atoms with Gasteiger partial charge in [-0.2, -0.15) is 5.26 Å². The molecule has 20 heteroatoms. The molecule has 3 aromatic rings. The second-order valence-corrected chi connectivity index (χ2v) is 22.7. The number of thioether (sulfide) groups is 2. The molecular formula is C61H71NO17S2. The Morgan fingerprint density at radius 3 is 1.21 bits per heavy atom. The van der Waals surface area contributed by atoms with E-state index in [1.165, 1.54) is 12.1 Å².